The molecule has 1 atom stereocenters. The molecule has 0 aromatic carbocycles. The van der Waals surface area contributed by atoms with Gasteiger partial charge in [0.1, 0.15) is 0 Å². The number of nitrogens with zero attached hydrogens (tertiary/aromatic N) is 1. The van der Waals surface area contributed by atoms with Crippen LogP contribution in [0.2, 0.25) is 0 Å². The Kier molecular flexibility index (Phi) is 2.06. The van der Waals surface area contributed by atoms with E-state index in [2.05, 4.69) is 6.58 Å². The summed E-state index contributed by atoms with van der Waals surface area (Å²) in [6, 6.07) is -0.0231. The standard InChI is InChI=1S/C7H11NO2/c1-6-2-7(4-9)8(3-6)5-10/h5,7,9H,1-4H2. The lowest BCUT2D eigenvalue weighted by Crippen LogP contribution is -2.30. The smallest absolute Gasteiger partial charge is 0.210 e. The molecule has 1 heterocycles. The molecule has 0 aliphatic carbocycles. The molecule has 1 aliphatic rings. The number of likely N-dealkylation sites (tertiary alicyclic amines) is 1. The van der Waals surface area contributed by atoms with Crippen LogP contribution in [0.15, 0.2) is 12.2 Å². The molecule has 0 saturated carbocycles. The Labute approximate surface area is 59.9 Å². The number of amides is 1. The van der Waals surface area contributed by atoms with Gasteiger partial charge in [-0.1, -0.05) is 12.2 Å². The molecule has 0 bridgehead atoms. The number of carbonyl (C=O) groups is 1. The predicted molar refractivity (Wildman–Crippen MR) is 37.4 cm³/mol. The molecule has 0 spiro atoms. The van der Waals surface area contributed by atoms with Gasteiger partial charge in [-0.25, -0.2) is 0 Å². The number of rotatable bonds is 2. The second kappa shape index (κ2) is 2.84. The first-order valence-electron chi connectivity index (χ1n) is 3.26. The summed E-state index contributed by atoms with van der Waals surface area (Å²) in [6.45, 7) is 4.38. The Balaban J connectivity index is 2.56. The molecule has 1 aliphatic heterocycles. The SMILES string of the molecule is C=C1CC(CO)N(C=O)C1. The molecular formula is C7H11NO2. The van der Waals surface area contributed by atoms with Gasteiger partial charge in [0.2, 0.25) is 6.41 Å². The van der Waals surface area contributed by atoms with E-state index in [9.17, 15) is 4.79 Å². The van der Waals surface area contributed by atoms with Crippen LogP contribution in [0.25, 0.3) is 0 Å². The van der Waals surface area contributed by atoms with Gasteiger partial charge in [0, 0.05) is 6.54 Å². The highest BCUT2D eigenvalue weighted by atomic mass is 16.3. The monoisotopic (exact) mass is 141 g/mol. The van der Waals surface area contributed by atoms with Crippen LogP contribution in [0.1, 0.15) is 6.42 Å². The first kappa shape index (κ1) is 7.28. The van der Waals surface area contributed by atoms with Crippen molar-refractivity contribution >= 4 is 6.41 Å². The molecular weight excluding hydrogens is 130 g/mol. The van der Waals surface area contributed by atoms with Crippen LogP contribution in [0.3, 0.4) is 0 Å². The van der Waals surface area contributed by atoms with Gasteiger partial charge in [0.15, 0.2) is 0 Å². The van der Waals surface area contributed by atoms with E-state index in [4.69, 9.17) is 5.11 Å². The highest BCUT2D eigenvalue weighted by Crippen LogP contribution is 2.18. The molecule has 1 N–H and O–H groups in total. The number of hydrogen-bond donors (Lipinski definition) is 1. The Morgan fingerprint density at radius 3 is 3.00 bits per heavy atom. The molecule has 56 valence electrons. The third kappa shape index (κ3) is 1.19. The zero-order chi connectivity index (χ0) is 7.56. The molecule has 1 fully saturated rings. The fraction of sp³-hybridized carbons (Fsp3) is 0.571. The molecule has 1 rings (SSSR count). The van der Waals surface area contributed by atoms with E-state index in [1.165, 1.54) is 0 Å². The van der Waals surface area contributed by atoms with Gasteiger partial charge in [-0.3, -0.25) is 4.79 Å². The van der Waals surface area contributed by atoms with Crippen LogP contribution < -0.4 is 0 Å². The van der Waals surface area contributed by atoms with E-state index in [-0.39, 0.29) is 12.6 Å². The fourth-order valence-electron chi connectivity index (χ4n) is 1.20. The zero-order valence-corrected chi connectivity index (χ0v) is 5.79. The van der Waals surface area contributed by atoms with Crippen molar-refractivity contribution in [2.75, 3.05) is 13.2 Å². The fourth-order valence-corrected chi connectivity index (χ4v) is 1.20. The van der Waals surface area contributed by atoms with E-state index >= 15 is 0 Å². The van der Waals surface area contributed by atoms with E-state index in [0.29, 0.717) is 6.54 Å². The van der Waals surface area contributed by atoms with Crippen molar-refractivity contribution in [1.82, 2.24) is 4.90 Å². The summed E-state index contributed by atoms with van der Waals surface area (Å²) in [5, 5.41) is 8.74. The van der Waals surface area contributed by atoms with Gasteiger partial charge in [-0.05, 0) is 6.42 Å². The molecule has 0 aromatic heterocycles. The minimum Gasteiger partial charge on any atom is -0.394 e. The van der Waals surface area contributed by atoms with Crippen LogP contribution in [0.5, 0.6) is 0 Å². The van der Waals surface area contributed by atoms with E-state index in [1.54, 1.807) is 4.90 Å². The van der Waals surface area contributed by atoms with Gasteiger partial charge in [0.25, 0.3) is 0 Å². The quantitative estimate of drug-likeness (QED) is 0.426. The first-order chi connectivity index (χ1) is 4.77. The third-order valence-corrected chi connectivity index (χ3v) is 1.75. The minimum absolute atomic E-state index is 0.0231. The van der Waals surface area contributed by atoms with Crippen molar-refractivity contribution in [1.29, 1.82) is 0 Å². The van der Waals surface area contributed by atoms with Gasteiger partial charge >= 0.3 is 0 Å². The topological polar surface area (TPSA) is 40.5 Å². The number of carbonyl (C=O) groups excluding carboxylic acids is 1. The Morgan fingerprint density at radius 1 is 1.90 bits per heavy atom. The molecule has 1 amide bonds. The molecule has 0 aromatic rings. The van der Waals surface area contributed by atoms with Crippen LogP contribution in [-0.2, 0) is 4.79 Å². The second-order valence-electron chi connectivity index (χ2n) is 2.57. The van der Waals surface area contributed by atoms with Gasteiger partial charge < -0.3 is 10.0 Å². The maximum Gasteiger partial charge on any atom is 0.210 e. The summed E-state index contributed by atoms with van der Waals surface area (Å²) in [4.78, 5) is 11.9. The van der Waals surface area contributed by atoms with Gasteiger partial charge in [-0.15, -0.1) is 0 Å². The Bertz CT molecular complexity index is 156. The lowest BCUT2D eigenvalue weighted by atomic mass is 10.2. The Hall–Kier alpha value is -0.830. The van der Waals surface area contributed by atoms with Gasteiger partial charge in [0.05, 0.1) is 12.6 Å². The summed E-state index contributed by atoms with van der Waals surface area (Å²) >= 11 is 0. The van der Waals surface area contributed by atoms with E-state index < -0.39 is 0 Å². The van der Waals surface area contributed by atoms with Crippen molar-refractivity contribution in [3.8, 4) is 0 Å². The Morgan fingerprint density at radius 2 is 2.60 bits per heavy atom. The second-order valence-corrected chi connectivity index (χ2v) is 2.57. The lowest BCUT2D eigenvalue weighted by Gasteiger charge is -2.15. The highest BCUT2D eigenvalue weighted by Gasteiger charge is 2.24. The summed E-state index contributed by atoms with van der Waals surface area (Å²) in [5.74, 6) is 0. The first-order valence-corrected chi connectivity index (χ1v) is 3.26. The van der Waals surface area contributed by atoms with Gasteiger partial charge in [-0.2, -0.15) is 0 Å². The number of aliphatic hydroxyl groups is 1. The molecule has 10 heavy (non-hydrogen) atoms. The van der Waals surface area contributed by atoms with Crippen molar-refractivity contribution in [3.63, 3.8) is 0 Å². The average molecular weight is 141 g/mol. The molecule has 3 heteroatoms. The van der Waals surface area contributed by atoms with Crippen molar-refractivity contribution in [3.05, 3.63) is 12.2 Å². The predicted octanol–water partition coefficient (Wildman–Crippen LogP) is -0.234. The maximum absolute atomic E-state index is 10.3. The minimum atomic E-state index is -0.0231. The van der Waals surface area contributed by atoms with E-state index in [1.807, 2.05) is 0 Å². The number of hydrogen-bond acceptors (Lipinski definition) is 2. The van der Waals surface area contributed by atoms with E-state index in [0.717, 1.165) is 18.4 Å². The molecule has 0 radical (unpaired) electrons. The van der Waals surface area contributed by atoms with Crippen LogP contribution in [0.4, 0.5) is 0 Å². The third-order valence-electron chi connectivity index (χ3n) is 1.75. The maximum atomic E-state index is 10.3. The lowest BCUT2D eigenvalue weighted by molar-refractivity contribution is -0.119. The van der Waals surface area contributed by atoms with Crippen molar-refractivity contribution in [2.45, 2.75) is 12.5 Å². The highest BCUT2D eigenvalue weighted by molar-refractivity contribution is 5.50. The summed E-state index contributed by atoms with van der Waals surface area (Å²) in [5.41, 5.74) is 1.02. The molecule has 1 unspecified atom stereocenters. The molecule has 1 saturated heterocycles. The average Bonchev–Trinajstić information content (AvgIpc) is 2.30. The van der Waals surface area contributed by atoms with Crippen molar-refractivity contribution < 1.29 is 9.90 Å². The van der Waals surface area contributed by atoms with Crippen LogP contribution in [-0.4, -0.2) is 35.6 Å². The zero-order valence-electron chi connectivity index (χ0n) is 5.79. The van der Waals surface area contributed by atoms with Crippen LogP contribution >= 0.6 is 0 Å². The summed E-state index contributed by atoms with van der Waals surface area (Å²) in [7, 11) is 0. The summed E-state index contributed by atoms with van der Waals surface area (Å²) < 4.78 is 0. The summed E-state index contributed by atoms with van der Waals surface area (Å²) in [6.07, 6.45) is 1.51. The largest absolute Gasteiger partial charge is 0.394 e. The van der Waals surface area contributed by atoms with Crippen LogP contribution in [0, 0.1) is 0 Å². The normalized spacial score (nSPS) is 25.5. The number of aliphatic hydroxyl groups excluding tert-OH is 1. The molecule has 3 nitrogen and oxygen atoms in total. The van der Waals surface area contributed by atoms with Crippen molar-refractivity contribution in [2.24, 2.45) is 0 Å².